The third kappa shape index (κ3) is 5.54. The van der Waals surface area contributed by atoms with Crippen LogP contribution >= 0.6 is 0 Å². The highest BCUT2D eigenvalue weighted by Crippen LogP contribution is 2.20. The fourth-order valence-electron chi connectivity index (χ4n) is 2.92. The third-order valence-corrected chi connectivity index (χ3v) is 5.94. The van der Waals surface area contributed by atoms with Crippen LogP contribution in [-0.4, -0.2) is 20.9 Å². The lowest BCUT2D eigenvalue weighted by Gasteiger charge is -2.12. The SMILES string of the molecule is N#CCCNS(=O)(=O)c1ccc(C(=O)Nc2ccccc2Cc2ccccc2)cc1. The summed E-state index contributed by atoms with van der Waals surface area (Å²) in [5, 5.41) is 11.4. The molecule has 0 aliphatic carbocycles. The van der Waals surface area contributed by atoms with Gasteiger partial charge >= 0.3 is 0 Å². The van der Waals surface area contributed by atoms with Crippen molar-refractivity contribution < 1.29 is 13.2 Å². The molecule has 1 amide bonds. The zero-order chi connectivity index (χ0) is 21.4. The lowest BCUT2D eigenvalue weighted by molar-refractivity contribution is 0.102. The number of benzene rings is 3. The van der Waals surface area contributed by atoms with E-state index in [4.69, 9.17) is 5.26 Å². The first-order chi connectivity index (χ1) is 14.5. The Morgan fingerprint density at radius 1 is 0.900 bits per heavy atom. The number of nitriles is 1. The van der Waals surface area contributed by atoms with E-state index in [0.29, 0.717) is 17.7 Å². The molecule has 0 fully saturated rings. The van der Waals surface area contributed by atoms with E-state index in [1.54, 1.807) is 0 Å². The van der Waals surface area contributed by atoms with Gasteiger partial charge in [-0.1, -0.05) is 48.5 Å². The maximum atomic E-state index is 12.7. The van der Waals surface area contributed by atoms with Crippen molar-refractivity contribution in [2.24, 2.45) is 0 Å². The van der Waals surface area contributed by atoms with Gasteiger partial charge in [0.05, 0.1) is 11.0 Å². The number of nitrogens with one attached hydrogen (secondary N) is 2. The molecule has 3 aromatic rings. The number of hydrogen-bond acceptors (Lipinski definition) is 4. The number of carbonyl (C=O) groups is 1. The molecule has 3 rings (SSSR count). The van der Waals surface area contributed by atoms with Gasteiger partial charge in [-0.3, -0.25) is 4.79 Å². The van der Waals surface area contributed by atoms with Crippen molar-refractivity contribution in [2.45, 2.75) is 17.7 Å². The van der Waals surface area contributed by atoms with E-state index in [2.05, 4.69) is 10.0 Å². The van der Waals surface area contributed by atoms with Crippen molar-refractivity contribution >= 4 is 21.6 Å². The normalized spacial score (nSPS) is 10.9. The molecular formula is C23H21N3O3S. The van der Waals surface area contributed by atoms with Gasteiger partial charge in [0.1, 0.15) is 0 Å². The van der Waals surface area contributed by atoms with Crippen molar-refractivity contribution in [3.63, 3.8) is 0 Å². The second-order valence-electron chi connectivity index (χ2n) is 6.60. The quantitative estimate of drug-likeness (QED) is 0.544. The van der Waals surface area contributed by atoms with E-state index < -0.39 is 10.0 Å². The first kappa shape index (κ1) is 21.2. The van der Waals surface area contributed by atoms with Crippen LogP contribution in [0.25, 0.3) is 0 Å². The minimum atomic E-state index is -3.71. The summed E-state index contributed by atoms with van der Waals surface area (Å²) < 4.78 is 26.7. The lowest BCUT2D eigenvalue weighted by Crippen LogP contribution is -2.24. The fraction of sp³-hybridized carbons (Fsp3) is 0.130. The zero-order valence-electron chi connectivity index (χ0n) is 16.2. The van der Waals surface area contributed by atoms with Crippen LogP contribution in [-0.2, 0) is 16.4 Å². The Labute approximate surface area is 176 Å². The van der Waals surface area contributed by atoms with Crippen molar-refractivity contribution in [3.05, 3.63) is 95.6 Å². The monoisotopic (exact) mass is 419 g/mol. The van der Waals surface area contributed by atoms with Gasteiger partial charge in [-0.15, -0.1) is 0 Å². The number of anilines is 1. The Hall–Kier alpha value is -3.47. The van der Waals surface area contributed by atoms with Gasteiger partial charge < -0.3 is 5.32 Å². The van der Waals surface area contributed by atoms with Gasteiger partial charge in [-0.05, 0) is 47.9 Å². The van der Waals surface area contributed by atoms with E-state index in [1.165, 1.54) is 24.3 Å². The maximum Gasteiger partial charge on any atom is 0.255 e. The molecule has 0 unspecified atom stereocenters. The molecule has 0 spiro atoms. The predicted octanol–water partition coefficient (Wildman–Crippen LogP) is 3.72. The molecule has 30 heavy (non-hydrogen) atoms. The third-order valence-electron chi connectivity index (χ3n) is 4.46. The Morgan fingerprint density at radius 2 is 1.57 bits per heavy atom. The smallest absolute Gasteiger partial charge is 0.255 e. The molecule has 0 radical (unpaired) electrons. The van der Waals surface area contributed by atoms with Crippen molar-refractivity contribution in [1.29, 1.82) is 5.26 Å². The summed E-state index contributed by atoms with van der Waals surface area (Å²) >= 11 is 0. The van der Waals surface area contributed by atoms with E-state index in [1.807, 2.05) is 60.7 Å². The first-order valence-electron chi connectivity index (χ1n) is 9.39. The molecular weight excluding hydrogens is 398 g/mol. The van der Waals surface area contributed by atoms with Gasteiger partial charge in [0.15, 0.2) is 0 Å². The van der Waals surface area contributed by atoms with Gasteiger partial charge in [-0.25, -0.2) is 13.1 Å². The molecule has 0 aliphatic heterocycles. The highest BCUT2D eigenvalue weighted by molar-refractivity contribution is 7.89. The number of rotatable bonds is 8. The van der Waals surface area contributed by atoms with Crippen molar-refractivity contribution in [1.82, 2.24) is 4.72 Å². The Balaban J connectivity index is 1.72. The van der Waals surface area contributed by atoms with Crippen LogP contribution in [0.5, 0.6) is 0 Å². The molecule has 0 bridgehead atoms. The van der Waals surface area contributed by atoms with Crippen LogP contribution in [0.1, 0.15) is 27.9 Å². The van der Waals surface area contributed by atoms with Gasteiger partial charge in [0.2, 0.25) is 10.0 Å². The Bertz CT molecular complexity index is 1150. The van der Waals surface area contributed by atoms with Gasteiger partial charge in [0, 0.05) is 24.2 Å². The topological polar surface area (TPSA) is 99.1 Å². The summed E-state index contributed by atoms with van der Waals surface area (Å²) in [6.07, 6.45) is 0.769. The number of para-hydroxylation sites is 1. The molecule has 0 saturated heterocycles. The molecule has 3 aromatic carbocycles. The molecule has 0 aliphatic rings. The number of nitrogens with zero attached hydrogens (tertiary/aromatic N) is 1. The summed E-state index contributed by atoms with van der Waals surface area (Å²) in [6, 6.07) is 25.1. The van der Waals surface area contributed by atoms with Crippen LogP contribution in [0, 0.1) is 11.3 Å². The second kappa shape index (κ2) is 9.83. The average molecular weight is 420 g/mol. The van der Waals surface area contributed by atoms with Crippen LogP contribution in [0.3, 0.4) is 0 Å². The van der Waals surface area contributed by atoms with E-state index in [-0.39, 0.29) is 23.8 Å². The highest BCUT2D eigenvalue weighted by Gasteiger charge is 2.15. The lowest BCUT2D eigenvalue weighted by atomic mass is 10.0. The second-order valence-corrected chi connectivity index (χ2v) is 8.37. The van der Waals surface area contributed by atoms with Crippen LogP contribution < -0.4 is 10.0 Å². The number of amides is 1. The number of sulfonamides is 1. The zero-order valence-corrected chi connectivity index (χ0v) is 17.0. The van der Waals surface area contributed by atoms with Gasteiger partial charge in [0.25, 0.3) is 5.91 Å². The minimum absolute atomic E-state index is 0.0409. The van der Waals surface area contributed by atoms with Crippen molar-refractivity contribution in [2.75, 3.05) is 11.9 Å². The molecule has 0 saturated carbocycles. The van der Waals surface area contributed by atoms with E-state index in [0.717, 1.165) is 11.1 Å². The predicted molar refractivity (Wildman–Crippen MR) is 116 cm³/mol. The Morgan fingerprint density at radius 3 is 2.27 bits per heavy atom. The Kier molecular flexibility index (Phi) is 6.96. The van der Waals surface area contributed by atoms with Crippen LogP contribution in [0.4, 0.5) is 5.69 Å². The summed E-state index contributed by atoms with van der Waals surface area (Å²) in [5.74, 6) is -0.322. The molecule has 7 heteroatoms. The van der Waals surface area contributed by atoms with E-state index >= 15 is 0 Å². The average Bonchev–Trinajstić information content (AvgIpc) is 2.76. The number of carbonyl (C=O) groups excluding carboxylic acids is 1. The summed E-state index contributed by atoms with van der Waals surface area (Å²) in [5.41, 5.74) is 3.18. The summed E-state index contributed by atoms with van der Waals surface area (Å²) in [4.78, 5) is 12.7. The molecule has 6 nitrogen and oxygen atoms in total. The number of hydrogen-bond donors (Lipinski definition) is 2. The molecule has 2 N–H and O–H groups in total. The van der Waals surface area contributed by atoms with Crippen LogP contribution in [0.2, 0.25) is 0 Å². The largest absolute Gasteiger partial charge is 0.322 e. The first-order valence-corrected chi connectivity index (χ1v) is 10.9. The van der Waals surface area contributed by atoms with Crippen LogP contribution in [0.15, 0.2) is 83.8 Å². The molecule has 152 valence electrons. The fourth-order valence-corrected chi connectivity index (χ4v) is 3.95. The highest BCUT2D eigenvalue weighted by atomic mass is 32.2. The van der Waals surface area contributed by atoms with Gasteiger partial charge in [-0.2, -0.15) is 5.26 Å². The minimum Gasteiger partial charge on any atom is -0.322 e. The molecule has 0 aromatic heterocycles. The molecule has 0 heterocycles. The standard InChI is InChI=1S/C23H21N3O3S/c24-15-6-16-25-30(28,29)21-13-11-19(12-14-21)23(27)26-22-10-5-4-9-20(22)17-18-7-2-1-3-8-18/h1-5,7-14,25H,6,16-17H2,(H,26,27). The maximum absolute atomic E-state index is 12.7. The molecule has 0 atom stereocenters. The summed E-state index contributed by atoms with van der Waals surface area (Å²) in [7, 11) is -3.71. The van der Waals surface area contributed by atoms with E-state index in [9.17, 15) is 13.2 Å². The summed E-state index contributed by atoms with van der Waals surface area (Å²) in [6.45, 7) is 0.0409. The van der Waals surface area contributed by atoms with Crippen molar-refractivity contribution in [3.8, 4) is 6.07 Å².